The molecule has 7 heteroatoms. The molecule has 6 nitrogen and oxygen atoms in total. The minimum atomic E-state index is -3.51. The fourth-order valence-electron chi connectivity index (χ4n) is 5.19. The van der Waals surface area contributed by atoms with Gasteiger partial charge in [-0.05, 0) is 30.5 Å². The first-order valence-corrected chi connectivity index (χ1v) is 12.5. The fraction of sp³-hybridized carbons (Fsp3) is 0.458. The van der Waals surface area contributed by atoms with Crippen LogP contribution in [-0.2, 0) is 14.8 Å². The van der Waals surface area contributed by atoms with Gasteiger partial charge >= 0.3 is 0 Å². The van der Waals surface area contributed by atoms with Crippen molar-refractivity contribution in [2.24, 2.45) is 0 Å². The lowest BCUT2D eigenvalue weighted by Crippen LogP contribution is -2.85. The first kappa shape index (κ1) is 22.0. The number of hydrogen-bond donors (Lipinski definition) is 1. The van der Waals surface area contributed by atoms with Gasteiger partial charge in [-0.25, -0.2) is 8.42 Å². The van der Waals surface area contributed by atoms with Crippen molar-refractivity contribution < 1.29 is 18.3 Å². The fourth-order valence-corrected chi connectivity index (χ4v) is 6.85. The molecule has 2 heterocycles. The first-order valence-electron chi connectivity index (χ1n) is 10.8. The van der Waals surface area contributed by atoms with Crippen LogP contribution < -0.4 is 0 Å². The number of sulfonamides is 1. The summed E-state index contributed by atoms with van der Waals surface area (Å²) in [5.41, 5.74) is 3.75. The predicted molar refractivity (Wildman–Crippen MR) is 121 cm³/mol. The third-order valence-corrected chi connectivity index (χ3v) is 8.76. The van der Waals surface area contributed by atoms with Crippen LogP contribution in [0.5, 0.6) is 0 Å². The molecule has 0 aromatic heterocycles. The van der Waals surface area contributed by atoms with Gasteiger partial charge in [-0.3, -0.25) is 4.79 Å². The zero-order valence-corrected chi connectivity index (χ0v) is 19.1. The summed E-state index contributed by atoms with van der Waals surface area (Å²) >= 11 is 0. The Kier molecular flexibility index (Phi) is 5.70. The highest BCUT2D eigenvalue weighted by Crippen LogP contribution is 2.55. The molecule has 2 saturated heterocycles. The van der Waals surface area contributed by atoms with Gasteiger partial charge in [-0.2, -0.15) is 4.31 Å². The minimum absolute atomic E-state index is 0.0218. The van der Waals surface area contributed by atoms with Gasteiger partial charge in [-0.1, -0.05) is 61.0 Å². The molecule has 2 aliphatic heterocycles. The lowest BCUT2D eigenvalue weighted by molar-refractivity contribution is -0.167. The number of aliphatic hydroxyl groups is 1. The van der Waals surface area contributed by atoms with E-state index in [1.807, 2.05) is 31.2 Å². The number of carbonyl (C=O) groups excluding carboxylic acids is 1. The van der Waals surface area contributed by atoms with Crippen LogP contribution in [0.2, 0.25) is 0 Å². The van der Waals surface area contributed by atoms with Crippen molar-refractivity contribution in [2.45, 2.75) is 44.7 Å². The number of aliphatic hydroxyl groups excluding tert-OH is 1. The number of carbonyl (C=O) groups is 1. The molecule has 2 aromatic rings. The summed E-state index contributed by atoms with van der Waals surface area (Å²) in [6, 6.07) is 16.0. The van der Waals surface area contributed by atoms with Crippen LogP contribution in [0.4, 0.5) is 0 Å². The van der Waals surface area contributed by atoms with Gasteiger partial charge in [0, 0.05) is 25.4 Å². The zero-order valence-electron chi connectivity index (χ0n) is 18.3. The maximum atomic E-state index is 12.9. The van der Waals surface area contributed by atoms with Gasteiger partial charge in [0.1, 0.15) is 0 Å². The molecule has 1 spiro atoms. The Hall–Kier alpha value is -2.22. The lowest BCUT2D eigenvalue weighted by Gasteiger charge is -2.69. The summed E-state index contributed by atoms with van der Waals surface area (Å²) in [7, 11) is -3.51. The van der Waals surface area contributed by atoms with Gasteiger partial charge in [0.2, 0.25) is 15.9 Å². The van der Waals surface area contributed by atoms with Crippen molar-refractivity contribution in [1.82, 2.24) is 9.21 Å². The quantitative estimate of drug-likeness (QED) is 0.746. The number of hydrogen-bond acceptors (Lipinski definition) is 4. The summed E-state index contributed by atoms with van der Waals surface area (Å²) < 4.78 is 27.2. The molecule has 31 heavy (non-hydrogen) atoms. The van der Waals surface area contributed by atoms with Crippen LogP contribution in [0.25, 0.3) is 11.1 Å². The second-order valence-corrected chi connectivity index (χ2v) is 10.8. The Bertz CT molecular complexity index is 1060. The Labute approximate surface area is 184 Å². The smallest absolute Gasteiger partial charge is 0.222 e. The predicted octanol–water partition coefficient (Wildman–Crippen LogP) is 2.76. The SMILES string of the molecule is CCC(=O)N1CC2(C1)[C@@H](c1ccc(-c3ccc(C)cc3)cc1)[C@H](CO)N2S(=O)(=O)CC. The van der Waals surface area contributed by atoms with Gasteiger partial charge in [0.15, 0.2) is 0 Å². The molecule has 2 aromatic carbocycles. The number of amides is 1. The lowest BCUT2D eigenvalue weighted by atomic mass is 9.62. The van der Waals surface area contributed by atoms with E-state index >= 15 is 0 Å². The number of likely N-dealkylation sites (tertiary alicyclic amines) is 1. The van der Waals surface area contributed by atoms with E-state index in [1.165, 1.54) is 9.87 Å². The van der Waals surface area contributed by atoms with E-state index in [1.54, 1.807) is 11.8 Å². The van der Waals surface area contributed by atoms with Gasteiger partial charge < -0.3 is 10.0 Å². The average molecular weight is 443 g/mol. The van der Waals surface area contributed by atoms with Gasteiger partial charge in [0.25, 0.3) is 0 Å². The maximum Gasteiger partial charge on any atom is 0.222 e. The summed E-state index contributed by atoms with van der Waals surface area (Å²) in [5, 5.41) is 10.1. The van der Waals surface area contributed by atoms with E-state index < -0.39 is 21.6 Å². The second-order valence-electron chi connectivity index (χ2n) is 8.62. The van der Waals surface area contributed by atoms with Crippen molar-refractivity contribution in [1.29, 1.82) is 0 Å². The van der Waals surface area contributed by atoms with E-state index in [-0.39, 0.29) is 24.2 Å². The molecule has 2 atom stereocenters. The topological polar surface area (TPSA) is 77.9 Å². The Balaban J connectivity index is 1.67. The molecule has 0 unspecified atom stereocenters. The largest absolute Gasteiger partial charge is 0.395 e. The zero-order chi connectivity index (χ0) is 22.4. The molecule has 4 rings (SSSR count). The van der Waals surface area contributed by atoms with Crippen LogP contribution in [0, 0.1) is 6.92 Å². The van der Waals surface area contributed by atoms with E-state index in [9.17, 15) is 18.3 Å². The van der Waals surface area contributed by atoms with Crippen molar-refractivity contribution in [3.63, 3.8) is 0 Å². The molecule has 1 N–H and O–H groups in total. The van der Waals surface area contributed by atoms with Crippen LogP contribution in [0.15, 0.2) is 48.5 Å². The van der Waals surface area contributed by atoms with Crippen LogP contribution >= 0.6 is 0 Å². The van der Waals surface area contributed by atoms with Crippen molar-refractivity contribution in [2.75, 3.05) is 25.4 Å². The molecular formula is C24H30N2O4S. The Morgan fingerprint density at radius 1 is 1.03 bits per heavy atom. The Morgan fingerprint density at radius 3 is 2.06 bits per heavy atom. The third-order valence-electron chi connectivity index (χ3n) is 6.79. The van der Waals surface area contributed by atoms with Crippen LogP contribution in [0.3, 0.4) is 0 Å². The van der Waals surface area contributed by atoms with Gasteiger partial charge in [-0.15, -0.1) is 0 Å². The monoisotopic (exact) mass is 442 g/mol. The molecule has 0 aliphatic carbocycles. The molecule has 0 saturated carbocycles. The number of rotatable bonds is 6. The number of aryl methyl sites for hydroxylation is 1. The Morgan fingerprint density at radius 2 is 1.58 bits per heavy atom. The van der Waals surface area contributed by atoms with E-state index in [2.05, 4.69) is 31.2 Å². The molecule has 166 valence electrons. The van der Waals surface area contributed by atoms with E-state index in [0.29, 0.717) is 19.5 Å². The molecular weight excluding hydrogens is 412 g/mol. The highest BCUT2D eigenvalue weighted by Gasteiger charge is 2.69. The standard InChI is InChI=1S/C24H30N2O4S/c1-4-22(28)25-15-24(16-25)23(21(14-27)26(24)31(29,30)5-2)20-12-10-19(11-13-20)18-8-6-17(3)7-9-18/h6-13,21,23,27H,4-5,14-16H2,1-3H3/t21-,23-/m0/s1. The molecule has 2 fully saturated rings. The maximum absolute atomic E-state index is 12.9. The highest BCUT2D eigenvalue weighted by molar-refractivity contribution is 7.89. The first-order chi connectivity index (χ1) is 14.8. The summed E-state index contributed by atoms with van der Waals surface area (Å²) in [6.45, 7) is 5.99. The second kappa shape index (κ2) is 8.04. The summed E-state index contributed by atoms with van der Waals surface area (Å²) in [5.74, 6) is -0.140. The molecule has 0 radical (unpaired) electrons. The number of nitrogens with zero attached hydrogens (tertiary/aromatic N) is 2. The van der Waals surface area contributed by atoms with Crippen LogP contribution in [0.1, 0.15) is 37.3 Å². The highest BCUT2D eigenvalue weighted by atomic mass is 32.2. The molecule has 1 amide bonds. The van der Waals surface area contributed by atoms with E-state index in [0.717, 1.165) is 16.7 Å². The minimum Gasteiger partial charge on any atom is -0.395 e. The van der Waals surface area contributed by atoms with Gasteiger partial charge in [0.05, 0.1) is 23.9 Å². The van der Waals surface area contributed by atoms with Crippen molar-refractivity contribution in [3.8, 4) is 11.1 Å². The van der Waals surface area contributed by atoms with Crippen molar-refractivity contribution >= 4 is 15.9 Å². The third kappa shape index (κ3) is 3.49. The normalized spacial score (nSPS) is 22.8. The van der Waals surface area contributed by atoms with E-state index in [4.69, 9.17) is 0 Å². The number of benzene rings is 2. The summed E-state index contributed by atoms with van der Waals surface area (Å²) in [6.07, 6.45) is 0.399. The summed E-state index contributed by atoms with van der Waals surface area (Å²) in [4.78, 5) is 13.9. The molecule has 2 aliphatic rings. The van der Waals surface area contributed by atoms with Crippen molar-refractivity contribution in [3.05, 3.63) is 59.7 Å². The molecule has 0 bridgehead atoms. The average Bonchev–Trinajstić information content (AvgIpc) is 2.73. The van der Waals surface area contributed by atoms with Crippen LogP contribution in [-0.4, -0.2) is 65.7 Å².